The number of benzene rings is 1. The lowest BCUT2D eigenvalue weighted by Crippen LogP contribution is -2.20. The zero-order chi connectivity index (χ0) is 12.1. The van der Waals surface area contributed by atoms with E-state index in [2.05, 4.69) is 46.7 Å². The van der Waals surface area contributed by atoms with Gasteiger partial charge in [0.1, 0.15) is 0 Å². The SMILES string of the molecule is CNC(Cc1ccccc1)c1cccc(C)n1. The van der Waals surface area contributed by atoms with Crippen molar-refractivity contribution in [3.63, 3.8) is 0 Å². The lowest BCUT2D eigenvalue weighted by atomic mass is 10.0. The predicted octanol–water partition coefficient (Wildman–Crippen LogP) is 2.89. The van der Waals surface area contributed by atoms with Gasteiger partial charge in [-0.05, 0) is 38.1 Å². The zero-order valence-corrected chi connectivity index (χ0v) is 10.4. The summed E-state index contributed by atoms with van der Waals surface area (Å²) in [5.41, 5.74) is 3.50. The second-order valence-electron chi connectivity index (χ2n) is 4.23. The summed E-state index contributed by atoms with van der Waals surface area (Å²) in [7, 11) is 1.98. The van der Waals surface area contributed by atoms with E-state index in [9.17, 15) is 0 Å². The number of aryl methyl sites for hydroxylation is 1. The Labute approximate surface area is 103 Å². The third-order valence-electron chi connectivity index (χ3n) is 2.90. The Balaban J connectivity index is 2.17. The van der Waals surface area contributed by atoms with E-state index in [0.717, 1.165) is 17.8 Å². The molecule has 0 saturated carbocycles. The Morgan fingerprint density at radius 2 is 1.82 bits per heavy atom. The maximum Gasteiger partial charge on any atom is 0.0579 e. The van der Waals surface area contributed by atoms with Crippen LogP contribution in [0.5, 0.6) is 0 Å². The maximum atomic E-state index is 4.58. The van der Waals surface area contributed by atoms with Crippen LogP contribution in [-0.4, -0.2) is 12.0 Å². The minimum absolute atomic E-state index is 0.275. The van der Waals surface area contributed by atoms with E-state index in [0.29, 0.717) is 0 Å². The fourth-order valence-corrected chi connectivity index (χ4v) is 1.96. The first-order valence-corrected chi connectivity index (χ1v) is 5.94. The largest absolute Gasteiger partial charge is 0.311 e. The molecule has 2 nitrogen and oxygen atoms in total. The summed E-state index contributed by atoms with van der Waals surface area (Å²) in [5, 5.41) is 3.33. The van der Waals surface area contributed by atoms with Crippen LogP contribution < -0.4 is 5.32 Å². The van der Waals surface area contributed by atoms with Crippen molar-refractivity contribution < 1.29 is 0 Å². The van der Waals surface area contributed by atoms with Gasteiger partial charge in [0.25, 0.3) is 0 Å². The van der Waals surface area contributed by atoms with Gasteiger partial charge in [-0.25, -0.2) is 0 Å². The van der Waals surface area contributed by atoms with Gasteiger partial charge in [0.2, 0.25) is 0 Å². The van der Waals surface area contributed by atoms with Crippen LogP contribution in [0.3, 0.4) is 0 Å². The third-order valence-corrected chi connectivity index (χ3v) is 2.90. The monoisotopic (exact) mass is 226 g/mol. The molecule has 1 aromatic heterocycles. The summed E-state index contributed by atoms with van der Waals surface area (Å²) < 4.78 is 0. The van der Waals surface area contributed by atoms with Gasteiger partial charge in [0.05, 0.1) is 11.7 Å². The molecule has 0 radical (unpaired) electrons. The molecule has 1 N–H and O–H groups in total. The molecule has 17 heavy (non-hydrogen) atoms. The molecular formula is C15H18N2. The van der Waals surface area contributed by atoms with Gasteiger partial charge in [-0.2, -0.15) is 0 Å². The van der Waals surface area contributed by atoms with E-state index in [-0.39, 0.29) is 6.04 Å². The van der Waals surface area contributed by atoms with Crippen molar-refractivity contribution in [3.8, 4) is 0 Å². The average molecular weight is 226 g/mol. The van der Waals surface area contributed by atoms with Crippen molar-refractivity contribution in [2.24, 2.45) is 0 Å². The number of hydrogen-bond acceptors (Lipinski definition) is 2. The third kappa shape index (κ3) is 3.14. The Hall–Kier alpha value is -1.67. The smallest absolute Gasteiger partial charge is 0.0579 e. The summed E-state index contributed by atoms with van der Waals surface area (Å²) in [6.07, 6.45) is 0.966. The van der Waals surface area contributed by atoms with Crippen LogP contribution in [0.15, 0.2) is 48.5 Å². The molecule has 0 aliphatic carbocycles. The van der Waals surface area contributed by atoms with Crippen LogP contribution >= 0.6 is 0 Å². The molecule has 1 heterocycles. The molecular weight excluding hydrogens is 208 g/mol. The van der Waals surface area contributed by atoms with E-state index in [1.54, 1.807) is 0 Å². The zero-order valence-electron chi connectivity index (χ0n) is 10.4. The van der Waals surface area contributed by atoms with Crippen molar-refractivity contribution in [1.82, 2.24) is 10.3 Å². The summed E-state index contributed by atoms with van der Waals surface area (Å²) in [6, 6.07) is 16.9. The van der Waals surface area contributed by atoms with Crippen molar-refractivity contribution in [1.29, 1.82) is 0 Å². The van der Waals surface area contributed by atoms with E-state index in [1.807, 2.05) is 26.1 Å². The Bertz CT molecular complexity index is 465. The lowest BCUT2D eigenvalue weighted by molar-refractivity contribution is 0.574. The van der Waals surface area contributed by atoms with E-state index < -0.39 is 0 Å². The highest BCUT2D eigenvalue weighted by molar-refractivity contribution is 5.20. The minimum atomic E-state index is 0.275. The van der Waals surface area contributed by atoms with Crippen molar-refractivity contribution in [2.45, 2.75) is 19.4 Å². The van der Waals surface area contributed by atoms with Crippen LogP contribution in [0.1, 0.15) is 23.0 Å². The Morgan fingerprint density at radius 3 is 2.47 bits per heavy atom. The highest BCUT2D eigenvalue weighted by Crippen LogP contribution is 2.16. The van der Waals surface area contributed by atoms with Crippen LogP contribution in [0.2, 0.25) is 0 Å². The minimum Gasteiger partial charge on any atom is -0.311 e. The second kappa shape index (κ2) is 5.60. The van der Waals surface area contributed by atoms with Crippen molar-refractivity contribution >= 4 is 0 Å². The first kappa shape index (κ1) is 11.8. The number of nitrogens with zero attached hydrogens (tertiary/aromatic N) is 1. The van der Waals surface area contributed by atoms with Gasteiger partial charge in [-0.15, -0.1) is 0 Å². The van der Waals surface area contributed by atoms with Crippen LogP contribution in [-0.2, 0) is 6.42 Å². The van der Waals surface area contributed by atoms with Gasteiger partial charge in [0, 0.05) is 5.69 Å². The van der Waals surface area contributed by atoms with Gasteiger partial charge < -0.3 is 5.32 Å². The number of pyridine rings is 1. The lowest BCUT2D eigenvalue weighted by Gasteiger charge is -2.16. The average Bonchev–Trinajstić information content (AvgIpc) is 2.37. The molecule has 2 heteroatoms. The molecule has 0 spiro atoms. The topological polar surface area (TPSA) is 24.9 Å². The van der Waals surface area contributed by atoms with Crippen LogP contribution in [0, 0.1) is 6.92 Å². The quantitative estimate of drug-likeness (QED) is 0.867. The molecule has 0 bridgehead atoms. The second-order valence-corrected chi connectivity index (χ2v) is 4.23. The number of hydrogen-bond donors (Lipinski definition) is 1. The van der Waals surface area contributed by atoms with E-state index in [4.69, 9.17) is 0 Å². The van der Waals surface area contributed by atoms with Gasteiger partial charge in [-0.3, -0.25) is 4.98 Å². The molecule has 88 valence electrons. The molecule has 1 aromatic carbocycles. The number of likely N-dealkylation sites (N-methyl/N-ethyl adjacent to an activating group) is 1. The molecule has 0 fully saturated rings. The predicted molar refractivity (Wildman–Crippen MR) is 70.9 cm³/mol. The van der Waals surface area contributed by atoms with Crippen LogP contribution in [0.4, 0.5) is 0 Å². The van der Waals surface area contributed by atoms with E-state index >= 15 is 0 Å². The molecule has 0 aliphatic heterocycles. The van der Waals surface area contributed by atoms with Crippen molar-refractivity contribution in [3.05, 3.63) is 65.5 Å². The molecule has 0 amide bonds. The van der Waals surface area contributed by atoms with Gasteiger partial charge in [0.15, 0.2) is 0 Å². The summed E-state index contributed by atoms with van der Waals surface area (Å²) in [5.74, 6) is 0. The first-order chi connectivity index (χ1) is 8.29. The number of nitrogens with one attached hydrogen (secondary N) is 1. The van der Waals surface area contributed by atoms with Gasteiger partial charge >= 0.3 is 0 Å². The highest BCUT2D eigenvalue weighted by atomic mass is 14.9. The normalized spacial score (nSPS) is 12.4. The molecule has 1 atom stereocenters. The summed E-state index contributed by atoms with van der Waals surface area (Å²) in [4.78, 5) is 4.58. The number of aromatic nitrogens is 1. The highest BCUT2D eigenvalue weighted by Gasteiger charge is 2.11. The molecule has 0 aliphatic rings. The van der Waals surface area contributed by atoms with E-state index in [1.165, 1.54) is 5.56 Å². The Kier molecular flexibility index (Phi) is 3.89. The molecule has 1 unspecified atom stereocenters. The fraction of sp³-hybridized carbons (Fsp3) is 0.267. The summed E-state index contributed by atoms with van der Waals surface area (Å²) >= 11 is 0. The standard InChI is InChI=1S/C15H18N2/c1-12-7-6-10-14(17-12)15(16-2)11-13-8-4-3-5-9-13/h3-10,15-16H,11H2,1-2H3. The van der Waals surface area contributed by atoms with Crippen LogP contribution in [0.25, 0.3) is 0 Å². The molecule has 2 rings (SSSR count). The van der Waals surface area contributed by atoms with Gasteiger partial charge in [-0.1, -0.05) is 36.4 Å². The molecule has 2 aromatic rings. The maximum absolute atomic E-state index is 4.58. The molecule has 0 saturated heterocycles. The summed E-state index contributed by atoms with van der Waals surface area (Å²) in [6.45, 7) is 2.03. The number of rotatable bonds is 4. The Morgan fingerprint density at radius 1 is 1.06 bits per heavy atom. The first-order valence-electron chi connectivity index (χ1n) is 5.94. The fourth-order valence-electron chi connectivity index (χ4n) is 1.96. The van der Waals surface area contributed by atoms with Crippen molar-refractivity contribution in [2.75, 3.05) is 7.05 Å².